The highest BCUT2D eigenvalue weighted by Crippen LogP contribution is 2.22. The van der Waals surface area contributed by atoms with Gasteiger partial charge in [0.05, 0.1) is 24.1 Å². The van der Waals surface area contributed by atoms with Crippen LogP contribution in [0.5, 0.6) is 0 Å². The Hall–Kier alpha value is -1.59. The summed E-state index contributed by atoms with van der Waals surface area (Å²) in [4.78, 5) is 11.0. The molecule has 94 valence electrons. The van der Waals surface area contributed by atoms with Gasteiger partial charge in [-0.05, 0) is 24.6 Å². The number of amides is 1. The third kappa shape index (κ3) is 4.42. The van der Waals surface area contributed by atoms with Crippen molar-refractivity contribution in [1.29, 1.82) is 0 Å². The zero-order valence-corrected chi connectivity index (χ0v) is 10.0. The molecule has 0 heterocycles. The van der Waals surface area contributed by atoms with Gasteiger partial charge in [0.25, 0.3) is 0 Å². The Balaban J connectivity index is 2.79. The Morgan fingerprint density at radius 2 is 2.12 bits per heavy atom. The molecule has 5 heteroatoms. The van der Waals surface area contributed by atoms with Gasteiger partial charge in [-0.2, -0.15) is 0 Å². The van der Waals surface area contributed by atoms with Crippen molar-refractivity contribution in [3.63, 3.8) is 0 Å². The molecule has 4 N–H and O–H groups in total. The van der Waals surface area contributed by atoms with E-state index in [9.17, 15) is 9.90 Å². The monoisotopic (exact) mass is 238 g/mol. The van der Waals surface area contributed by atoms with Gasteiger partial charge in [-0.1, -0.05) is 6.07 Å². The average Bonchev–Trinajstić information content (AvgIpc) is 2.28. The Labute approximate surface area is 100 Å². The molecule has 0 aliphatic carbocycles. The van der Waals surface area contributed by atoms with Crippen molar-refractivity contribution in [3.8, 4) is 0 Å². The maximum Gasteiger partial charge on any atom is 0.221 e. The second-order valence-corrected chi connectivity index (χ2v) is 3.95. The highest BCUT2D eigenvalue weighted by molar-refractivity contribution is 5.92. The standard InChI is InChI=1S/C12H18N2O3/c1-8-3-4-11(14-9(2)16)12(5-8)13-6-10(17)7-15/h3-5,10,13,15,17H,6-7H2,1-2H3,(H,14,16). The fourth-order valence-corrected chi connectivity index (χ4v) is 1.40. The lowest BCUT2D eigenvalue weighted by atomic mass is 10.2. The predicted molar refractivity (Wildman–Crippen MR) is 67.1 cm³/mol. The van der Waals surface area contributed by atoms with Crippen LogP contribution in [0.15, 0.2) is 18.2 Å². The first-order chi connectivity index (χ1) is 8.02. The van der Waals surface area contributed by atoms with Crippen molar-refractivity contribution >= 4 is 17.3 Å². The molecule has 0 spiro atoms. The molecule has 1 aromatic carbocycles. The van der Waals surface area contributed by atoms with Gasteiger partial charge in [0.1, 0.15) is 0 Å². The lowest BCUT2D eigenvalue weighted by Crippen LogP contribution is -2.23. The SMILES string of the molecule is CC(=O)Nc1ccc(C)cc1NCC(O)CO. The number of hydrogen-bond acceptors (Lipinski definition) is 4. The van der Waals surface area contributed by atoms with Gasteiger partial charge in [0, 0.05) is 13.5 Å². The molecular formula is C12H18N2O3. The molecule has 1 aromatic rings. The van der Waals surface area contributed by atoms with E-state index in [2.05, 4.69) is 10.6 Å². The third-order valence-electron chi connectivity index (χ3n) is 2.22. The fraction of sp³-hybridized carbons (Fsp3) is 0.417. The molecule has 0 aromatic heterocycles. The van der Waals surface area contributed by atoms with Crippen molar-refractivity contribution in [2.45, 2.75) is 20.0 Å². The molecule has 1 rings (SSSR count). The van der Waals surface area contributed by atoms with Gasteiger partial charge in [0.2, 0.25) is 5.91 Å². The highest BCUT2D eigenvalue weighted by atomic mass is 16.3. The smallest absolute Gasteiger partial charge is 0.221 e. The molecule has 0 aliphatic heterocycles. The minimum atomic E-state index is -0.819. The number of benzene rings is 1. The highest BCUT2D eigenvalue weighted by Gasteiger charge is 2.06. The number of aryl methyl sites for hydroxylation is 1. The van der Waals surface area contributed by atoms with Crippen molar-refractivity contribution in [2.24, 2.45) is 0 Å². The maximum atomic E-state index is 11.0. The minimum absolute atomic E-state index is 0.153. The Bertz CT molecular complexity index is 393. The number of hydrogen-bond donors (Lipinski definition) is 4. The van der Waals surface area contributed by atoms with E-state index in [1.54, 1.807) is 6.07 Å². The average molecular weight is 238 g/mol. The van der Waals surface area contributed by atoms with Gasteiger partial charge < -0.3 is 20.8 Å². The lowest BCUT2D eigenvalue weighted by molar-refractivity contribution is -0.114. The summed E-state index contributed by atoms with van der Waals surface area (Å²) in [5.41, 5.74) is 2.43. The van der Waals surface area contributed by atoms with E-state index >= 15 is 0 Å². The van der Waals surface area contributed by atoms with Crippen LogP contribution in [0.3, 0.4) is 0 Å². The van der Waals surface area contributed by atoms with Crippen LogP contribution < -0.4 is 10.6 Å². The summed E-state index contributed by atoms with van der Waals surface area (Å²) in [7, 11) is 0. The van der Waals surface area contributed by atoms with Crippen LogP contribution in [0.4, 0.5) is 11.4 Å². The summed E-state index contributed by atoms with van der Waals surface area (Å²) in [5, 5.41) is 23.7. The molecule has 0 saturated carbocycles. The second-order valence-electron chi connectivity index (χ2n) is 3.95. The van der Waals surface area contributed by atoms with E-state index < -0.39 is 6.10 Å². The van der Waals surface area contributed by atoms with E-state index in [-0.39, 0.29) is 19.1 Å². The topological polar surface area (TPSA) is 81.6 Å². The quantitative estimate of drug-likeness (QED) is 0.609. The Morgan fingerprint density at radius 3 is 2.71 bits per heavy atom. The van der Waals surface area contributed by atoms with Gasteiger partial charge in [0.15, 0.2) is 0 Å². The van der Waals surface area contributed by atoms with E-state index in [1.807, 2.05) is 19.1 Å². The first kappa shape index (κ1) is 13.5. The number of carbonyl (C=O) groups is 1. The zero-order valence-electron chi connectivity index (χ0n) is 10.0. The van der Waals surface area contributed by atoms with Gasteiger partial charge in [-0.3, -0.25) is 4.79 Å². The molecule has 1 atom stereocenters. The normalized spacial score (nSPS) is 12.0. The van der Waals surface area contributed by atoms with E-state index in [4.69, 9.17) is 5.11 Å². The van der Waals surface area contributed by atoms with Crippen LogP contribution in [0.2, 0.25) is 0 Å². The van der Waals surface area contributed by atoms with Crippen LogP contribution >= 0.6 is 0 Å². The molecule has 1 unspecified atom stereocenters. The largest absolute Gasteiger partial charge is 0.394 e. The summed E-state index contributed by atoms with van der Waals surface area (Å²) >= 11 is 0. The van der Waals surface area contributed by atoms with Crippen LogP contribution in [0.1, 0.15) is 12.5 Å². The number of aliphatic hydroxyl groups excluding tert-OH is 2. The molecular weight excluding hydrogens is 220 g/mol. The summed E-state index contributed by atoms with van der Waals surface area (Å²) in [6.07, 6.45) is -0.819. The molecule has 17 heavy (non-hydrogen) atoms. The van der Waals surface area contributed by atoms with Crippen molar-refractivity contribution in [3.05, 3.63) is 23.8 Å². The Kier molecular flexibility index (Phi) is 4.93. The van der Waals surface area contributed by atoms with E-state index in [1.165, 1.54) is 6.92 Å². The molecule has 0 bridgehead atoms. The molecule has 0 radical (unpaired) electrons. The summed E-state index contributed by atoms with van der Waals surface area (Å²) < 4.78 is 0. The third-order valence-corrected chi connectivity index (χ3v) is 2.22. The van der Waals surface area contributed by atoms with Crippen LogP contribution in [0, 0.1) is 6.92 Å². The number of anilines is 2. The number of nitrogens with one attached hydrogen (secondary N) is 2. The van der Waals surface area contributed by atoms with E-state index in [0.29, 0.717) is 5.69 Å². The number of carbonyl (C=O) groups excluding carboxylic acids is 1. The fourth-order valence-electron chi connectivity index (χ4n) is 1.40. The first-order valence-electron chi connectivity index (χ1n) is 5.44. The maximum absolute atomic E-state index is 11.0. The van der Waals surface area contributed by atoms with Gasteiger partial charge in [-0.15, -0.1) is 0 Å². The second kappa shape index (κ2) is 6.22. The van der Waals surface area contributed by atoms with Crippen molar-refractivity contribution < 1.29 is 15.0 Å². The molecule has 0 aliphatic rings. The predicted octanol–water partition coefficient (Wildman–Crippen LogP) is 0.719. The summed E-state index contributed by atoms with van der Waals surface area (Å²) in [5.74, 6) is -0.153. The zero-order chi connectivity index (χ0) is 12.8. The molecule has 5 nitrogen and oxygen atoms in total. The number of aliphatic hydroxyl groups is 2. The number of rotatable bonds is 5. The van der Waals surface area contributed by atoms with Crippen LogP contribution in [-0.2, 0) is 4.79 Å². The van der Waals surface area contributed by atoms with Crippen LogP contribution in [0.25, 0.3) is 0 Å². The van der Waals surface area contributed by atoms with Crippen LogP contribution in [-0.4, -0.2) is 35.4 Å². The van der Waals surface area contributed by atoms with Crippen molar-refractivity contribution in [2.75, 3.05) is 23.8 Å². The summed E-state index contributed by atoms with van der Waals surface area (Å²) in [6.45, 7) is 3.30. The van der Waals surface area contributed by atoms with E-state index in [0.717, 1.165) is 11.3 Å². The molecule has 0 saturated heterocycles. The Morgan fingerprint density at radius 1 is 1.41 bits per heavy atom. The minimum Gasteiger partial charge on any atom is -0.394 e. The van der Waals surface area contributed by atoms with Gasteiger partial charge >= 0.3 is 0 Å². The van der Waals surface area contributed by atoms with Crippen molar-refractivity contribution in [1.82, 2.24) is 0 Å². The first-order valence-corrected chi connectivity index (χ1v) is 5.44. The lowest BCUT2D eigenvalue weighted by Gasteiger charge is -2.15. The molecule has 0 fully saturated rings. The molecule has 1 amide bonds. The summed E-state index contributed by atoms with van der Waals surface area (Å²) in [6, 6.07) is 5.55. The van der Waals surface area contributed by atoms with Gasteiger partial charge in [-0.25, -0.2) is 0 Å².